The molecule has 188 valence electrons. The van der Waals surface area contributed by atoms with Gasteiger partial charge in [0.1, 0.15) is 16.0 Å². The number of pyridine rings is 1. The molecule has 2 amide bonds. The van der Waals surface area contributed by atoms with E-state index in [-0.39, 0.29) is 21.8 Å². The second-order valence-electron chi connectivity index (χ2n) is 7.87. The molecule has 0 radical (unpaired) electrons. The third kappa shape index (κ3) is 5.25. The van der Waals surface area contributed by atoms with Crippen LogP contribution in [0.2, 0.25) is 5.02 Å². The number of benzene rings is 2. The number of anilines is 2. The monoisotopic (exact) mass is 563 g/mol. The van der Waals surface area contributed by atoms with Crippen molar-refractivity contribution >= 4 is 58.1 Å². The molecule has 1 aliphatic carbocycles. The van der Waals surface area contributed by atoms with Crippen molar-refractivity contribution in [3.8, 4) is 0 Å². The van der Waals surface area contributed by atoms with Crippen molar-refractivity contribution in [2.24, 2.45) is 5.92 Å². The third-order valence-electron chi connectivity index (χ3n) is 5.41. The first-order valence-electron chi connectivity index (χ1n) is 10.1. The number of alkyl halides is 4. The maximum absolute atomic E-state index is 13.8. The topological polar surface area (TPSA) is 71.1 Å². The van der Waals surface area contributed by atoms with Gasteiger partial charge in [0.15, 0.2) is 11.6 Å². The minimum Gasteiger partial charge on any atom is -0.326 e. The summed E-state index contributed by atoms with van der Waals surface area (Å²) < 4.78 is 65.1. The minimum atomic E-state index is -2.94. The molecule has 3 aromatic rings. The zero-order chi connectivity index (χ0) is 26.4. The van der Waals surface area contributed by atoms with Crippen LogP contribution in [0.15, 0.2) is 48.7 Å². The average Bonchev–Trinajstić information content (AvgIpc) is 3.38. The van der Waals surface area contributed by atoms with E-state index in [1.54, 1.807) is 0 Å². The summed E-state index contributed by atoms with van der Waals surface area (Å²) in [6.07, 6.45) is -2.24. The lowest BCUT2D eigenvalue weighted by Crippen LogP contribution is -2.19. The van der Waals surface area contributed by atoms with Crippen molar-refractivity contribution in [1.82, 2.24) is 4.98 Å². The molecule has 36 heavy (non-hydrogen) atoms. The molecule has 4 rings (SSSR count). The van der Waals surface area contributed by atoms with Crippen LogP contribution in [0, 0.1) is 23.4 Å². The summed E-state index contributed by atoms with van der Waals surface area (Å²) in [6, 6.07) is 7.00. The van der Waals surface area contributed by atoms with E-state index in [4.69, 9.17) is 34.8 Å². The lowest BCUT2D eigenvalue weighted by molar-refractivity contribution is -0.117. The Morgan fingerprint density at radius 1 is 0.972 bits per heavy atom. The van der Waals surface area contributed by atoms with Crippen LogP contribution in [0.25, 0.3) is 0 Å². The number of nitrogens with one attached hydrogen (secondary N) is 2. The van der Waals surface area contributed by atoms with E-state index in [0.29, 0.717) is 18.3 Å². The van der Waals surface area contributed by atoms with Crippen molar-refractivity contribution in [3.05, 3.63) is 87.8 Å². The number of hydrogen-bond donors (Lipinski definition) is 2. The van der Waals surface area contributed by atoms with Crippen LogP contribution in [0.4, 0.5) is 33.5 Å². The number of nitrogens with zero attached hydrogens (tertiary/aromatic N) is 1. The summed E-state index contributed by atoms with van der Waals surface area (Å²) in [5, 5.41) is 4.58. The van der Waals surface area contributed by atoms with Gasteiger partial charge in [0.05, 0.1) is 22.7 Å². The van der Waals surface area contributed by atoms with Gasteiger partial charge < -0.3 is 10.6 Å². The molecule has 13 heteroatoms. The summed E-state index contributed by atoms with van der Waals surface area (Å²) in [7, 11) is 0. The number of rotatable bonds is 6. The molecule has 0 saturated heterocycles. The molecular formula is C23H13Cl3F5N3O2. The average molecular weight is 565 g/mol. The Balaban J connectivity index is 1.52. The highest BCUT2D eigenvalue weighted by Crippen LogP contribution is 2.65. The Morgan fingerprint density at radius 2 is 1.69 bits per heavy atom. The molecule has 2 N–H and O–H groups in total. The number of carbonyl (C=O) groups excluding carboxylic acids is 2. The second-order valence-corrected chi connectivity index (χ2v) is 9.72. The molecule has 1 fully saturated rings. The predicted octanol–water partition coefficient (Wildman–Crippen LogP) is 6.87. The standard InChI is InChI=1S/C23H13Cl3F5N3O2/c24-15-2-1-13(7-14(15)21(35)34-20-16(29)6-12(28)8-32-20)33-22(36)18-17(23(18,25)26)9-3-10(19(30)31)5-11(27)4-9/h1-8,17-19H,(H,33,36)(H,32,34,35)/t17-,18+/m1/s1. The van der Waals surface area contributed by atoms with Gasteiger partial charge in [-0.2, -0.15) is 0 Å². The van der Waals surface area contributed by atoms with Crippen LogP contribution in [-0.2, 0) is 4.79 Å². The first-order valence-corrected chi connectivity index (χ1v) is 11.2. The highest BCUT2D eigenvalue weighted by Gasteiger charge is 2.67. The number of halogens is 8. The fourth-order valence-electron chi connectivity index (χ4n) is 3.69. The van der Waals surface area contributed by atoms with Crippen LogP contribution in [0.3, 0.4) is 0 Å². The molecule has 0 spiro atoms. The Morgan fingerprint density at radius 3 is 2.36 bits per heavy atom. The SMILES string of the molecule is O=C(Nc1ncc(F)cc1F)c1cc(NC(=O)[C@@H]2[C@@H](c3cc(F)cc(C(F)F)c3)C2(Cl)Cl)ccc1Cl. The Hall–Kier alpha value is -2.95. The fraction of sp³-hybridized carbons (Fsp3) is 0.174. The van der Waals surface area contributed by atoms with Crippen molar-refractivity contribution in [2.75, 3.05) is 10.6 Å². The normalized spacial score (nSPS) is 18.1. The molecule has 1 aliphatic rings. The van der Waals surface area contributed by atoms with Gasteiger partial charge in [0, 0.05) is 23.2 Å². The molecule has 5 nitrogen and oxygen atoms in total. The quantitative estimate of drug-likeness (QED) is 0.254. The van der Waals surface area contributed by atoms with Gasteiger partial charge in [-0.3, -0.25) is 9.59 Å². The van der Waals surface area contributed by atoms with E-state index in [1.165, 1.54) is 18.2 Å². The lowest BCUT2D eigenvalue weighted by Gasteiger charge is -2.10. The molecule has 2 aromatic carbocycles. The number of hydrogen-bond acceptors (Lipinski definition) is 3. The van der Waals surface area contributed by atoms with E-state index >= 15 is 0 Å². The van der Waals surface area contributed by atoms with Crippen LogP contribution < -0.4 is 10.6 Å². The summed E-state index contributed by atoms with van der Waals surface area (Å²) in [6.45, 7) is 0. The van der Waals surface area contributed by atoms with Crippen LogP contribution in [0.1, 0.15) is 33.8 Å². The lowest BCUT2D eigenvalue weighted by atomic mass is 10.0. The van der Waals surface area contributed by atoms with E-state index in [2.05, 4.69) is 15.6 Å². The zero-order valence-electron chi connectivity index (χ0n) is 17.6. The van der Waals surface area contributed by atoms with Gasteiger partial charge in [0.2, 0.25) is 5.91 Å². The first kappa shape index (κ1) is 26.1. The van der Waals surface area contributed by atoms with Crippen LogP contribution in [-0.4, -0.2) is 21.1 Å². The molecule has 0 aliphatic heterocycles. The fourth-order valence-corrected chi connectivity index (χ4v) is 4.72. The Labute approximate surface area is 215 Å². The highest BCUT2D eigenvalue weighted by atomic mass is 35.5. The number of aromatic nitrogens is 1. The zero-order valence-corrected chi connectivity index (χ0v) is 19.9. The van der Waals surface area contributed by atoms with Crippen molar-refractivity contribution < 1.29 is 31.5 Å². The summed E-state index contributed by atoms with van der Waals surface area (Å²) in [5.41, 5.74) is -0.660. The molecular weight excluding hydrogens is 552 g/mol. The maximum Gasteiger partial charge on any atom is 0.263 e. The van der Waals surface area contributed by atoms with Crippen LogP contribution >= 0.6 is 34.8 Å². The van der Waals surface area contributed by atoms with Crippen molar-refractivity contribution in [3.63, 3.8) is 0 Å². The largest absolute Gasteiger partial charge is 0.326 e. The smallest absolute Gasteiger partial charge is 0.263 e. The third-order valence-corrected chi connectivity index (χ3v) is 6.68. The Kier molecular flexibility index (Phi) is 7.14. The van der Waals surface area contributed by atoms with Crippen molar-refractivity contribution in [1.29, 1.82) is 0 Å². The number of amides is 2. The number of carbonyl (C=O) groups is 2. The van der Waals surface area contributed by atoms with E-state index in [1.807, 2.05) is 0 Å². The summed E-state index contributed by atoms with van der Waals surface area (Å²) >= 11 is 18.5. The Bertz CT molecular complexity index is 1370. The van der Waals surface area contributed by atoms with Gasteiger partial charge in [0.25, 0.3) is 12.3 Å². The van der Waals surface area contributed by atoms with Gasteiger partial charge >= 0.3 is 0 Å². The summed E-state index contributed by atoms with van der Waals surface area (Å²) in [5.74, 6) is -7.26. The van der Waals surface area contributed by atoms with Gasteiger partial charge in [-0.05, 0) is 42.0 Å². The maximum atomic E-state index is 13.8. The summed E-state index contributed by atoms with van der Waals surface area (Å²) in [4.78, 5) is 28.9. The first-order chi connectivity index (χ1) is 16.9. The van der Waals surface area contributed by atoms with Crippen LogP contribution in [0.5, 0.6) is 0 Å². The predicted molar refractivity (Wildman–Crippen MR) is 124 cm³/mol. The molecule has 1 saturated carbocycles. The minimum absolute atomic E-state index is 0.0282. The highest BCUT2D eigenvalue weighted by molar-refractivity contribution is 6.53. The van der Waals surface area contributed by atoms with Gasteiger partial charge in [-0.15, -0.1) is 23.2 Å². The molecule has 1 heterocycles. The van der Waals surface area contributed by atoms with E-state index in [0.717, 1.165) is 12.1 Å². The van der Waals surface area contributed by atoms with E-state index < -0.39 is 63.2 Å². The molecule has 1 aromatic heterocycles. The molecule has 2 atom stereocenters. The van der Waals surface area contributed by atoms with Gasteiger partial charge in [-0.1, -0.05) is 11.6 Å². The second kappa shape index (κ2) is 9.84. The van der Waals surface area contributed by atoms with Crippen molar-refractivity contribution in [2.45, 2.75) is 16.7 Å². The van der Waals surface area contributed by atoms with E-state index in [9.17, 15) is 31.5 Å². The molecule has 0 unspecified atom stereocenters. The van der Waals surface area contributed by atoms with Gasteiger partial charge in [-0.25, -0.2) is 26.9 Å². The molecule has 0 bridgehead atoms.